The topological polar surface area (TPSA) is 43.1 Å². The highest BCUT2D eigenvalue weighted by Crippen LogP contribution is 2.15. The molecule has 0 fully saturated rings. The van der Waals surface area contributed by atoms with E-state index < -0.39 is 0 Å². The fourth-order valence-corrected chi connectivity index (χ4v) is 1.64. The smallest absolute Gasteiger partial charge is 0.134 e. The molecule has 0 radical (unpaired) electrons. The van der Waals surface area contributed by atoms with Crippen molar-refractivity contribution in [3.8, 4) is 0 Å². The van der Waals surface area contributed by atoms with Gasteiger partial charge in [-0.25, -0.2) is 0 Å². The molecule has 0 unspecified atom stereocenters. The standard InChI is InChI=1S/C14H21NO/c1-11(2)13-6-3-12(4-7-13)5-8-14(16)9-10-15/h3-4,6-7,11H,5,8-10,15H2,1-2H3. The maximum Gasteiger partial charge on any atom is 0.134 e. The zero-order valence-electron chi connectivity index (χ0n) is 10.2. The summed E-state index contributed by atoms with van der Waals surface area (Å²) in [5, 5.41) is 0. The molecule has 0 aliphatic heterocycles. The maximum atomic E-state index is 11.3. The number of benzene rings is 1. The van der Waals surface area contributed by atoms with Crippen LogP contribution in [0.15, 0.2) is 24.3 Å². The predicted molar refractivity (Wildman–Crippen MR) is 67.5 cm³/mol. The second-order valence-corrected chi connectivity index (χ2v) is 4.47. The van der Waals surface area contributed by atoms with Crippen LogP contribution in [0.2, 0.25) is 0 Å². The zero-order valence-corrected chi connectivity index (χ0v) is 10.2. The molecule has 0 heterocycles. The van der Waals surface area contributed by atoms with Gasteiger partial charge in [-0.2, -0.15) is 0 Å². The highest BCUT2D eigenvalue weighted by molar-refractivity contribution is 5.78. The van der Waals surface area contributed by atoms with Crippen LogP contribution in [0.4, 0.5) is 0 Å². The summed E-state index contributed by atoms with van der Waals surface area (Å²) >= 11 is 0. The normalized spacial score (nSPS) is 10.8. The van der Waals surface area contributed by atoms with E-state index in [0.717, 1.165) is 6.42 Å². The molecular weight excluding hydrogens is 198 g/mol. The van der Waals surface area contributed by atoms with Gasteiger partial charge in [0, 0.05) is 12.8 Å². The van der Waals surface area contributed by atoms with Crippen molar-refractivity contribution in [3.63, 3.8) is 0 Å². The largest absolute Gasteiger partial charge is 0.330 e. The van der Waals surface area contributed by atoms with Gasteiger partial charge in [0.1, 0.15) is 5.78 Å². The molecule has 2 nitrogen and oxygen atoms in total. The molecule has 88 valence electrons. The lowest BCUT2D eigenvalue weighted by molar-refractivity contribution is -0.118. The third kappa shape index (κ3) is 4.15. The molecule has 2 heteroatoms. The maximum absolute atomic E-state index is 11.3. The molecule has 1 rings (SSSR count). The van der Waals surface area contributed by atoms with Crippen molar-refractivity contribution in [2.45, 2.75) is 39.0 Å². The summed E-state index contributed by atoms with van der Waals surface area (Å²) in [6.07, 6.45) is 1.94. The van der Waals surface area contributed by atoms with Crippen molar-refractivity contribution >= 4 is 5.78 Å². The van der Waals surface area contributed by atoms with Crippen LogP contribution in [0, 0.1) is 0 Å². The second-order valence-electron chi connectivity index (χ2n) is 4.47. The average Bonchev–Trinajstić information content (AvgIpc) is 2.27. The number of hydrogen-bond donors (Lipinski definition) is 1. The Labute approximate surface area is 97.9 Å². The predicted octanol–water partition coefficient (Wildman–Crippen LogP) is 2.66. The minimum absolute atomic E-state index is 0.260. The van der Waals surface area contributed by atoms with Crippen LogP contribution in [-0.2, 0) is 11.2 Å². The van der Waals surface area contributed by atoms with Crippen molar-refractivity contribution in [1.29, 1.82) is 0 Å². The molecule has 0 aliphatic carbocycles. The number of rotatable bonds is 6. The van der Waals surface area contributed by atoms with Gasteiger partial charge in [-0.1, -0.05) is 38.1 Å². The molecule has 0 atom stereocenters. The monoisotopic (exact) mass is 219 g/mol. The van der Waals surface area contributed by atoms with Crippen LogP contribution in [0.25, 0.3) is 0 Å². The van der Waals surface area contributed by atoms with Gasteiger partial charge >= 0.3 is 0 Å². The Balaban J connectivity index is 2.46. The SMILES string of the molecule is CC(C)c1ccc(CCC(=O)CCN)cc1. The Hall–Kier alpha value is -1.15. The summed E-state index contributed by atoms with van der Waals surface area (Å²) < 4.78 is 0. The number of nitrogens with two attached hydrogens (primary N) is 1. The first-order chi connectivity index (χ1) is 7.63. The summed E-state index contributed by atoms with van der Waals surface area (Å²) in [4.78, 5) is 11.3. The quantitative estimate of drug-likeness (QED) is 0.799. The Kier molecular flexibility index (Phi) is 5.20. The van der Waals surface area contributed by atoms with E-state index in [1.165, 1.54) is 11.1 Å². The van der Waals surface area contributed by atoms with Crippen LogP contribution in [0.1, 0.15) is 43.7 Å². The molecule has 0 saturated carbocycles. The molecule has 0 saturated heterocycles. The van der Waals surface area contributed by atoms with Gasteiger partial charge in [-0.05, 0) is 30.0 Å². The lowest BCUT2D eigenvalue weighted by Gasteiger charge is -2.06. The summed E-state index contributed by atoms with van der Waals surface area (Å²) in [7, 11) is 0. The van der Waals surface area contributed by atoms with E-state index in [1.54, 1.807) is 0 Å². The van der Waals surface area contributed by atoms with E-state index in [4.69, 9.17) is 5.73 Å². The summed E-state index contributed by atoms with van der Waals surface area (Å²) in [5.41, 5.74) is 7.91. The number of carbonyl (C=O) groups is 1. The molecule has 0 aliphatic rings. The Morgan fingerprint density at radius 2 is 1.81 bits per heavy atom. The lowest BCUT2D eigenvalue weighted by atomic mass is 9.99. The summed E-state index contributed by atoms with van der Waals surface area (Å²) in [5.74, 6) is 0.823. The van der Waals surface area contributed by atoms with Crippen molar-refractivity contribution in [2.24, 2.45) is 5.73 Å². The van der Waals surface area contributed by atoms with Gasteiger partial charge < -0.3 is 5.73 Å². The number of hydrogen-bond acceptors (Lipinski definition) is 2. The first kappa shape index (κ1) is 12.9. The molecule has 0 amide bonds. The highest BCUT2D eigenvalue weighted by atomic mass is 16.1. The molecule has 1 aromatic carbocycles. The van der Waals surface area contributed by atoms with Gasteiger partial charge in [-0.3, -0.25) is 4.79 Å². The van der Waals surface area contributed by atoms with Crippen LogP contribution < -0.4 is 5.73 Å². The van der Waals surface area contributed by atoms with Crippen LogP contribution in [0.3, 0.4) is 0 Å². The number of Topliss-reactive ketones (excluding diaryl/α,β-unsaturated/α-hetero) is 1. The first-order valence-electron chi connectivity index (χ1n) is 5.94. The van der Waals surface area contributed by atoms with Crippen LogP contribution >= 0.6 is 0 Å². The van der Waals surface area contributed by atoms with Gasteiger partial charge in [0.05, 0.1) is 0 Å². The zero-order chi connectivity index (χ0) is 12.0. The third-order valence-electron chi connectivity index (χ3n) is 2.76. The van der Waals surface area contributed by atoms with Crippen molar-refractivity contribution < 1.29 is 4.79 Å². The molecule has 0 bridgehead atoms. The Morgan fingerprint density at radius 3 is 2.31 bits per heavy atom. The van der Waals surface area contributed by atoms with E-state index >= 15 is 0 Å². The van der Waals surface area contributed by atoms with Gasteiger partial charge in [-0.15, -0.1) is 0 Å². The highest BCUT2D eigenvalue weighted by Gasteiger charge is 2.02. The third-order valence-corrected chi connectivity index (χ3v) is 2.76. The van der Waals surface area contributed by atoms with Gasteiger partial charge in [0.25, 0.3) is 0 Å². The lowest BCUT2D eigenvalue weighted by Crippen LogP contribution is -2.08. The molecule has 0 spiro atoms. The fraction of sp³-hybridized carbons (Fsp3) is 0.500. The van der Waals surface area contributed by atoms with E-state index in [0.29, 0.717) is 25.3 Å². The molecule has 16 heavy (non-hydrogen) atoms. The average molecular weight is 219 g/mol. The Bertz CT molecular complexity index is 327. The van der Waals surface area contributed by atoms with Gasteiger partial charge in [0.15, 0.2) is 0 Å². The molecular formula is C14H21NO. The summed E-state index contributed by atoms with van der Waals surface area (Å²) in [6.45, 7) is 4.82. The number of ketones is 1. The molecule has 0 aromatic heterocycles. The van der Waals surface area contributed by atoms with Crippen LogP contribution in [0.5, 0.6) is 0 Å². The second kappa shape index (κ2) is 6.44. The van der Waals surface area contributed by atoms with Crippen molar-refractivity contribution in [2.75, 3.05) is 6.54 Å². The molecule has 2 N–H and O–H groups in total. The first-order valence-corrected chi connectivity index (χ1v) is 5.94. The van der Waals surface area contributed by atoms with E-state index in [-0.39, 0.29) is 5.78 Å². The Morgan fingerprint density at radius 1 is 1.19 bits per heavy atom. The van der Waals surface area contributed by atoms with E-state index in [9.17, 15) is 4.79 Å². The minimum atomic E-state index is 0.260. The van der Waals surface area contributed by atoms with Crippen molar-refractivity contribution in [1.82, 2.24) is 0 Å². The van der Waals surface area contributed by atoms with Crippen molar-refractivity contribution in [3.05, 3.63) is 35.4 Å². The van der Waals surface area contributed by atoms with E-state index in [2.05, 4.69) is 38.1 Å². The number of aryl methyl sites for hydroxylation is 1. The molecule has 1 aromatic rings. The summed E-state index contributed by atoms with van der Waals surface area (Å²) in [6, 6.07) is 8.52. The minimum Gasteiger partial charge on any atom is -0.330 e. The van der Waals surface area contributed by atoms with Crippen LogP contribution in [-0.4, -0.2) is 12.3 Å². The fourth-order valence-electron chi connectivity index (χ4n) is 1.64. The van der Waals surface area contributed by atoms with E-state index in [1.807, 2.05) is 0 Å². The number of carbonyl (C=O) groups excluding carboxylic acids is 1. The van der Waals surface area contributed by atoms with Gasteiger partial charge in [0.2, 0.25) is 0 Å².